The molecule has 3 heteroatoms. The monoisotopic (exact) mass is 302 g/mol. The van der Waals surface area contributed by atoms with Crippen LogP contribution in [-0.2, 0) is 11.8 Å². The van der Waals surface area contributed by atoms with Crippen molar-refractivity contribution < 1.29 is 0 Å². The summed E-state index contributed by atoms with van der Waals surface area (Å²) in [7, 11) is 0. The Morgan fingerprint density at radius 3 is 2.57 bits per heavy atom. The van der Waals surface area contributed by atoms with Gasteiger partial charge >= 0.3 is 0 Å². The molecule has 1 N–H and O–H groups in total. The molecule has 1 atom stereocenters. The van der Waals surface area contributed by atoms with Crippen molar-refractivity contribution in [3.8, 4) is 0 Å². The van der Waals surface area contributed by atoms with Gasteiger partial charge in [0.2, 0.25) is 0 Å². The average Bonchev–Trinajstić information content (AvgIpc) is 2.85. The third kappa shape index (κ3) is 4.94. The van der Waals surface area contributed by atoms with Gasteiger partial charge in [0.05, 0.1) is 10.7 Å². The van der Waals surface area contributed by atoms with Gasteiger partial charge in [0, 0.05) is 24.4 Å². The zero-order valence-corrected chi connectivity index (χ0v) is 14.3. The minimum Gasteiger partial charge on any atom is -0.314 e. The van der Waals surface area contributed by atoms with Gasteiger partial charge in [-0.3, -0.25) is 0 Å². The van der Waals surface area contributed by atoms with E-state index in [1.807, 2.05) is 0 Å². The molecule has 0 spiro atoms. The molecule has 1 aromatic carbocycles. The molecule has 0 saturated heterocycles. The van der Waals surface area contributed by atoms with Crippen molar-refractivity contribution in [2.24, 2.45) is 0 Å². The molecule has 0 aliphatic rings. The topological polar surface area (TPSA) is 24.9 Å². The van der Waals surface area contributed by atoms with E-state index < -0.39 is 0 Å². The standard InChI is InChI=1S/C18H26N2S/c1-14(19-11-10-17-13-21-15(2)20-17)12-18(3,4)16-8-6-5-7-9-16/h5-9,13-14,19H,10-12H2,1-4H3. The lowest BCUT2D eigenvalue weighted by Crippen LogP contribution is -2.34. The molecule has 0 fully saturated rings. The van der Waals surface area contributed by atoms with Crippen LogP contribution in [0.25, 0.3) is 0 Å². The number of nitrogens with one attached hydrogen (secondary N) is 1. The van der Waals surface area contributed by atoms with Crippen molar-refractivity contribution in [3.05, 3.63) is 52.0 Å². The summed E-state index contributed by atoms with van der Waals surface area (Å²) in [6.07, 6.45) is 2.15. The van der Waals surface area contributed by atoms with Crippen molar-refractivity contribution in [2.75, 3.05) is 6.54 Å². The van der Waals surface area contributed by atoms with Gasteiger partial charge in [-0.15, -0.1) is 11.3 Å². The minimum absolute atomic E-state index is 0.199. The normalized spacial score (nSPS) is 13.3. The fraction of sp³-hybridized carbons (Fsp3) is 0.500. The molecule has 1 heterocycles. The van der Waals surface area contributed by atoms with Crippen LogP contribution in [0.2, 0.25) is 0 Å². The molecule has 2 nitrogen and oxygen atoms in total. The van der Waals surface area contributed by atoms with Gasteiger partial charge in [-0.05, 0) is 31.2 Å². The predicted molar refractivity (Wildman–Crippen MR) is 92.1 cm³/mol. The summed E-state index contributed by atoms with van der Waals surface area (Å²) in [5.74, 6) is 0. The van der Waals surface area contributed by atoms with Crippen LogP contribution in [0.15, 0.2) is 35.7 Å². The van der Waals surface area contributed by atoms with E-state index in [0.29, 0.717) is 6.04 Å². The number of benzene rings is 1. The van der Waals surface area contributed by atoms with E-state index in [2.05, 4.69) is 73.7 Å². The third-order valence-electron chi connectivity index (χ3n) is 3.91. The molecule has 114 valence electrons. The summed E-state index contributed by atoms with van der Waals surface area (Å²) in [6, 6.07) is 11.3. The summed E-state index contributed by atoms with van der Waals surface area (Å²) in [4.78, 5) is 4.51. The molecular formula is C18H26N2S. The minimum atomic E-state index is 0.199. The molecule has 1 unspecified atom stereocenters. The largest absolute Gasteiger partial charge is 0.314 e. The van der Waals surface area contributed by atoms with Crippen LogP contribution in [0.3, 0.4) is 0 Å². The lowest BCUT2D eigenvalue weighted by Gasteiger charge is -2.29. The maximum atomic E-state index is 4.51. The highest BCUT2D eigenvalue weighted by Gasteiger charge is 2.22. The zero-order valence-electron chi connectivity index (χ0n) is 13.5. The van der Waals surface area contributed by atoms with E-state index in [1.54, 1.807) is 11.3 Å². The second-order valence-corrected chi connectivity index (χ2v) is 7.48. The molecule has 1 aromatic heterocycles. The Morgan fingerprint density at radius 2 is 1.95 bits per heavy atom. The van der Waals surface area contributed by atoms with Crippen molar-refractivity contribution in [1.82, 2.24) is 10.3 Å². The van der Waals surface area contributed by atoms with E-state index in [1.165, 1.54) is 11.3 Å². The molecule has 21 heavy (non-hydrogen) atoms. The SMILES string of the molecule is Cc1nc(CCNC(C)CC(C)(C)c2ccccc2)cs1. The molecule has 0 aliphatic heterocycles. The molecule has 2 rings (SSSR count). The summed E-state index contributed by atoms with van der Waals surface area (Å²) < 4.78 is 0. The number of thiazole rings is 1. The lowest BCUT2D eigenvalue weighted by molar-refractivity contribution is 0.390. The van der Waals surface area contributed by atoms with Gasteiger partial charge in [0.25, 0.3) is 0 Å². The number of nitrogens with zero attached hydrogens (tertiary/aromatic N) is 1. The average molecular weight is 302 g/mol. The Hall–Kier alpha value is -1.19. The molecule has 0 saturated carbocycles. The number of aromatic nitrogens is 1. The van der Waals surface area contributed by atoms with Gasteiger partial charge in [-0.2, -0.15) is 0 Å². The first-order valence-electron chi connectivity index (χ1n) is 7.67. The summed E-state index contributed by atoms with van der Waals surface area (Å²) in [6.45, 7) is 9.98. The summed E-state index contributed by atoms with van der Waals surface area (Å²) >= 11 is 1.73. The van der Waals surface area contributed by atoms with Gasteiger partial charge in [0.15, 0.2) is 0 Å². The molecule has 0 aliphatic carbocycles. The first-order valence-corrected chi connectivity index (χ1v) is 8.55. The van der Waals surface area contributed by atoms with Gasteiger partial charge in [-0.25, -0.2) is 4.98 Å². The first-order chi connectivity index (χ1) is 9.97. The van der Waals surface area contributed by atoms with Crippen molar-refractivity contribution in [3.63, 3.8) is 0 Å². The van der Waals surface area contributed by atoms with Gasteiger partial charge in [0.1, 0.15) is 0 Å². The van der Waals surface area contributed by atoms with Crippen LogP contribution < -0.4 is 5.32 Å². The Balaban J connectivity index is 1.80. The fourth-order valence-electron chi connectivity index (χ4n) is 2.81. The molecule has 0 bridgehead atoms. The van der Waals surface area contributed by atoms with E-state index in [9.17, 15) is 0 Å². The summed E-state index contributed by atoms with van der Waals surface area (Å²) in [5, 5.41) is 6.95. The van der Waals surface area contributed by atoms with Crippen molar-refractivity contribution in [2.45, 2.75) is 52.0 Å². The van der Waals surface area contributed by atoms with E-state index in [0.717, 1.165) is 24.4 Å². The van der Waals surface area contributed by atoms with E-state index in [-0.39, 0.29) is 5.41 Å². The Kier molecular flexibility index (Phi) is 5.54. The third-order valence-corrected chi connectivity index (χ3v) is 4.73. The van der Waals surface area contributed by atoms with Crippen LogP contribution in [-0.4, -0.2) is 17.6 Å². The maximum Gasteiger partial charge on any atom is 0.0897 e. The van der Waals surface area contributed by atoms with Crippen LogP contribution in [0.5, 0.6) is 0 Å². The summed E-state index contributed by atoms with van der Waals surface area (Å²) in [5.41, 5.74) is 2.82. The Morgan fingerprint density at radius 1 is 1.24 bits per heavy atom. The van der Waals surface area contributed by atoms with E-state index >= 15 is 0 Å². The zero-order chi connectivity index (χ0) is 15.3. The highest BCUT2D eigenvalue weighted by molar-refractivity contribution is 7.09. The molecule has 0 radical (unpaired) electrons. The number of hydrogen-bond acceptors (Lipinski definition) is 3. The van der Waals surface area contributed by atoms with Crippen LogP contribution >= 0.6 is 11.3 Å². The predicted octanol–water partition coefficient (Wildman–Crippen LogP) is 4.34. The lowest BCUT2D eigenvalue weighted by atomic mass is 9.79. The number of hydrogen-bond donors (Lipinski definition) is 1. The van der Waals surface area contributed by atoms with Gasteiger partial charge < -0.3 is 5.32 Å². The van der Waals surface area contributed by atoms with Crippen LogP contribution in [0.4, 0.5) is 0 Å². The van der Waals surface area contributed by atoms with Gasteiger partial charge in [-0.1, -0.05) is 44.2 Å². The number of rotatable bonds is 7. The molecule has 2 aromatic rings. The molecular weight excluding hydrogens is 276 g/mol. The van der Waals surface area contributed by atoms with Crippen LogP contribution in [0, 0.1) is 6.92 Å². The Bertz CT molecular complexity index is 545. The first kappa shape index (κ1) is 16.2. The maximum absolute atomic E-state index is 4.51. The highest BCUT2D eigenvalue weighted by Crippen LogP contribution is 2.28. The second-order valence-electron chi connectivity index (χ2n) is 6.42. The smallest absolute Gasteiger partial charge is 0.0897 e. The fourth-order valence-corrected chi connectivity index (χ4v) is 3.46. The van der Waals surface area contributed by atoms with Crippen LogP contribution in [0.1, 0.15) is 43.5 Å². The van der Waals surface area contributed by atoms with Crippen molar-refractivity contribution >= 4 is 11.3 Å². The molecule has 0 amide bonds. The Labute approximate surface area is 132 Å². The number of aryl methyl sites for hydroxylation is 1. The quantitative estimate of drug-likeness (QED) is 0.823. The van der Waals surface area contributed by atoms with Crippen molar-refractivity contribution in [1.29, 1.82) is 0 Å². The van der Waals surface area contributed by atoms with E-state index in [4.69, 9.17) is 0 Å². The second kappa shape index (κ2) is 7.19. The highest BCUT2D eigenvalue weighted by atomic mass is 32.1.